The first-order valence-electron chi connectivity index (χ1n) is 9.15. The van der Waals surface area contributed by atoms with E-state index in [0.29, 0.717) is 30.8 Å². The lowest BCUT2D eigenvalue weighted by Gasteiger charge is -2.13. The molecule has 1 aromatic carbocycles. The number of ether oxygens (including phenoxy) is 1. The minimum atomic E-state index is -0.419. The van der Waals surface area contributed by atoms with Crippen molar-refractivity contribution in [3.63, 3.8) is 0 Å². The largest absolute Gasteiger partial charge is 0.462 e. The first-order chi connectivity index (χ1) is 12.2. The third-order valence-electron chi connectivity index (χ3n) is 4.23. The van der Waals surface area contributed by atoms with Crippen LogP contribution in [0.5, 0.6) is 0 Å². The van der Waals surface area contributed by atoms with Crippen LogP contribution in [0.2, 0.25) is 0 Å². The highest BCUT2D eigenvalue weighted by Crippen LogP contribution is 2.19. The summed E-state index contributed by atoms with van der Waals surface area (Å²) in [4.78, 5) is 24.0. The fraction of sp³-hybridized carbons (Fsp3) is 0.500. The Morgan fingerprint density at radius 3 is 2.76 bits per heavy atom. The summed E-state index contributed by atoms with van der Waals surface area (Å²) in [7, 11) is 0. The Balaban J connectivity index is 1.71. The molecule has 0 saturated carbocycles. The number of hydrogen-bond acceptors (Lipinski definition) is 4. The topological polar surface area (TPSA) is 67.4 Å². The average molecular weight is 344 g/mol. The summed E-state index contributed by atoms with van der Waals surface area (Å²) in [5.41, 5.74) is 2.42. The van der Waals surface area contributed by atoms with Crippen LogP contribution in [0.4, 0.5) is 5.69 Å². The molecule has 0 saturated heterocycles. The predicted molar refractivity (Wildman–Crippen MR) is 99.7 cm³/mol. The molecule has 0 fully saturated rings. The summed E-state index contributed by atoms with van der Waals surface area (Å²) in [5.74, 6) is -0.529. The standard InChI is InChI=1S/C20H28N2O3/c1-2-25-20(24)17-10-6-7-11-18(17)22-19(23)13-15-21-14-12-16-8-4-3-5-9-16/h6-8,10-11,21H,2-5,9,12-15H2,1H3,(H,22,23). The lowest BCUT2D eigenvalue weighted by atomic mass is 9.97. The molecule has 1 aliphatic carbocycles. The quantitative estimate of drug-likeness (QED) is 0.407. The molecule has 0 heterocycles. The van der Waals surface area contributed by atoms with Gasteiger partial charge in [0, 0.05) is 13.0 Å². The van der Waals surface area contributed by atoms with E-state index in [1.54, 1.807) is 31.2 Å². The van der Waals surface area contributed by atoms with Gasteiger partial charge >= 0.3 is 5.97 Å². The van der Waals surface area contributed by atoms with E-state index in [4.69, 9.17) is 4.74 Å². The maximum Gasteiger partial charge on any atom is 0.340 e. The molecule has 0 spiro atoms. The molecule has 0 aliphatic heterocycles. The average Bonchev–Trinajstić information content (AvgIpc) is 2.63. The first kappa shape index (κ1) is 19.2. The highest BCUT2D eigenvalue weighted by Gasteiger charge is 2.13. The third kappa shape index (κ3) is 6.70. The fourth-order valence-electron chi connectivity index (χ4n) is 2.90. The van der Waals surface area contributed by atoms with Gasteiger partial charge in [0.25, 0.3) is 0 Å². The van der Waals surface area contributed by atoms with Crippen molar-refractivity contribution in [3.8, 4) is 0 Å². The maximum absolute atomic E-state index is 12.1. The van der Waals surface area contributed by atoms with E-state index >= 15 is 0 Å². The van der Waals surface area contributed by atoms with E-state index in [1.807, 2.05) is 0 Å². The number of amides is 1. The van der Waals surface area contributed by atoms with Gasteiger partial charge in [-0.15, -0.1) is 0 Å². The molecule has 5 heteroatoms. The van der Waals surface area contributed by atoms with Crippen LogP contribution < -0.4 is 10.6 Å². The normalized spacial score (nSPS) is 13.9. The van der Waals surface area contributed by atoms with Crippen molar-refractivity contribution < 1.29 is 14.3 Å². The molecular formula is C20H28N2O3. The van der Waals surface area contributed by atoms with Crippen molar-refractivity contribution in [2.75, 3.05) is 25.0 Å². The van der Waals surface area contributed by atoms with Crippen LogP contribution in [0.3, 0.4) is 0 Å². The van der Waals surface area contributed by atoms with E-state index in [0.717, 1.165) is 13.0 Å². The highest BCUT2D eigenvalue weighted by molar-refractivity contribution is 6.01. The zero-order valence-electron chi connectivity index (χ0n) is 15.0. The Labute approximate surface area is 149 Å². The van der Waals surface area contributed by atoms with Crippen LogP contribution in [0.15, 0.2) is 35.9 Å². The molecule has 0 radical (unpaired) electrons. The molecule has 2 N–H and O–H groups in total. The Hall–Kier alpha value is -2.14. The van der Waals surface area contributed by atoms with Crippen molar-refractivity contribution in [1.29, 1.82) is 0 Å². The number of esters is 1. The van der Waals surface area contributed by atoms with E-state index in [1.165, 1.54) is 31.3 Å². The molecule has 0 atom stereocenters. The van der Waals surface area contributed by atoms with Crippen LogP contribution in [-0.2, 0) is 9.53 Å². The lowest BCUT2D eigenvalue weighted by Crippen LogP contribution is -2.23. The zero-order valence-corrected chi connectivity index (χ0v) is 15.0. The molecule has 2 rings (SSSR count). The second-order valence-electron chi connectivity index (χ2n) is 6.17. The summed E-state index contributed by atoms with van der Waals surface area (Å²) in [6.07, 6.45) is 8.82. The van der Waals surface area contributed by atoms with Crippen LogP contribution in [0.25, 0.3) is 0 Å². The smallest absolute Gasteiger partial charge is 0.340 e. The molecule has 0 bridgehead atoms. The minimum Gasteiger partial charge on any atom is -0.462 e. The second kappa shape index (κ2) is 10.7. The molecule has 1 aromatic rings. The number of para-hydroxylation sites is 1. The summed E-state index contributed by atoms with van der Waals surface area (Å²) in [6.45, 7) is 3.59. The SMILES string of the molecule is CCOC(=O)c1ccccc1NC(=O)CCNCCC1=CCCCC1. The molecule has 1 amide bonds. The van der Waals surface area contributed by atoms with Gasteiger partial charge in [-0.05, 0) is 57.7 Å². The third-order valence-corrected chi connectivity index (χ3v) is 4.23. The Morgan fingerprint density at radius 1 is 1.16 bits per heavy atom. The van der Waals surface area contributed by atoms with Gasteiger partial charge in [-0.25, -0.2) is 4.79 Å². The highest BCUT2D eigenvalue weighted by atomic mass is 16.5. The van der Waals surface area contributed by atoms with Crippen molar-refractivity contribution in [3.05, 3.63) is 41.5 Å². The number of anilines is 1. The lowest BCUT2D eigenvalue weighted by molar-refractivity contribution is -0.116. The first-order valence-corrected chi connectivity index (χ1v) is 9.15. The van der Waals surface area contributed by atoms with Gasteiger partial charge in [-0.3, -0.25) is 4.79 Å². The van der Waals surface area contributed by atoms with Gasteiger partial charge < -0.3 is 15.4 Å². The summed E-state index contributed by atoms with van der Waals surface area (Å²) in [5, 5.41) is 6.11. The number of carbonyl (C=O) groups is 2. The van der Waals surface area contributed by atoms with Crippen molar-refractivity contribution in [1.82, 2.24) is 5.32 Å². The van der Waals surface area contributed by atoms with Crippen molar-refractivity contribution in [2.24, 2.45) is 0 Å². The number of hydrogen-bond donors (Lipinski definition) is 2. The fourth-order valence-corrected chi connectivity index (χ4v) is 2.90. The molecule has 1 aliphatic rings. The molecule has 0 unspecified atom stereocenters. The Bertz CT molecular complexity index is 611. The number of rotatable bonds is 9. The van der Waals surface area contributed by atoms with Crippen molar-refractivity contribution in [2.45, 2.75) is 45.4 Å². The molecule has 5 nitrogen and oxygen atoms in total. The Morgan fingerprint density at radius 2 is 2.00 bits per heavy atom. The number of nitrogens with one attached hydrogen (secondary N) is 2. The maximum atomic E-state index is 12.1. The minimum absolute atomic E-state index is 0.110. The number of carbonyl (C=O) groups excluding carboxylic acids is 2. The van der Waals surface area contributed by atoms with Crippen LogP contribution in [0, 0.1) is 0 Å². The summed E-state index contributed by atoms with van der Waals surface area (Å²) >= 11 is 0. The number of allylic oxidation sites excluding steroid dienone is 1. The Kier molecular flexibility index (Phi) is 8.19. The van der Waals surface area contributed by atoms with E-state index < -0.39 is 5.97 Å². The van der Waals surface area contributed by atoms with Crippen LogP contribution >= 0.6 is 0 Å². The summed E-state index contributed by atoms with van der Waals surface area (Å²) in [6, 6.07) is 6.91. The van der Waals surface area contributed by atoms with E-state index in [-0.39, 0.29) is 5.91 Å². The van der Waals surface area contributed by atoms with Crippen LogP contribution in [-0.4, -0.2) is 31.6 Å². The second-order valence-corrected chi connectivity index (χ2v) is 6.17. The van der Waals surface area contributed by atoms with Gasteiger partial charge in [0.1, 0.15) is 0 Å². The molecule has 0 aromatic heterocycles. The van der Waals surface area contributed by atoms with E-state index in [2.05, 4.69) is 16.7 Å². The molecular weight excluding hydrogens is 316 g/mol. The van der Waals surface area contributed by atoms with Crippen LogP contribution in [0.1, 0.15) is 55.8 Å². The van der Waals surface area contributed by atoms with E-state index in [9.17, 15) is 9.59 Å². The molecule has 136 valence electrons. The van der Waals surface area contributed by atoms with Gasteiger partial charge in [-0.2, -0.15) is 0 Å². The van der Waals surface area contributed by atoms with Gasteiger partial charge in [0.05, 0.1) is 17.9 Å². The summed E-state index contributed by atoms with van der Waals surface area (Å²) < 4.78 is 5.01. The zero-order chi connectivity index (χ0) is 17.9. The van der Waals surface area contributed by atoms with Crippen molar-refractivity contribution >= 4 is 17.6 Å². The van der Waals surface area contributed by atoms with Gasteiger partial charge in [0.2, 0.25) is 5.91 Å². The van der Waals surface area contributed by atoms with Gasteiger partial charge in [0.15, 0.2) is 0 Å². The predicted octanol–water partition coefficient (Wildman–Crippen LogP) is 3.67. The number of benzene rings is 1. The van der Waals surface area contributed by atoms with Gasteiger partial charge in [-0.1, -0.05) is 23.8 Å². The molecule has 25 heavy (non-hydrogen) atoms. The monoisotopic (exact) mass is 344 g/mol.